The van der Waals surface area contributed by atoms with E-state index >= 15 is 0 Å². The van der Waals surface area contributed by atoms with Crippen molar-refractivity contribution in [3.8, 4) is 5.75 Å². The Morgan fingerprint density at radius 3 is 2.85 bits per heavy atom. The first kappa shape index (κ1) is 16.8. The largest absolute Gasteiger partial charge is 0.496 e. The predicted octanol–water partition coefficient (Wildman–Crippen LogP) is 2.22. The molecule has 1 aromatic rings. The van der Waals surface area contributed by atoms with Gasteiger partial charge in [-0.1, -0.05) is 0 Å². The van der Waals surface area contributed by atoms with Gasteiger partial charge >= 0.3 is 0 Å². The number of nitrogens with one attached hydrogen (secondary N) is 1. The molecule has 0 bridgehead atoms. The number of rotatable bonds is 8. The van der Waals surface area contributed by atoms with Crippen molar-refractivity contribution in [2.24, 2.45) is 0 Å². The monoisotopic (exact) mass is 301 g/mol. The van der Waals surface area contributed by atoms with Crippen molar-refractivity contribution in [3.63, 3.8) is 0 Å². The number of methoxy groups -OCH3 is 2. The number of amides is 1. The van der Waals surface area contributed by atoms with E-state index in [1.165, 1.54) is 23.9 Å². The van der Waals surface area contributed by atoms with Crippen LogP contribution in [0.1, 0.15) is 12.5 Å². The summed E-state index contributed by atoms with van der Waals surface area (Å²) in [6.45, 7) is 2.36. The summed E-state index contributed by atoms with van der Waals surface area (Å²) < 4.78 is 23.3. The molecule has 0 aromatic heterocycles. The summed E-state index contributed by atoms with van der Waals surface area (Å²) in [5.41, 5.74) is 0.746. The molecule has 0 aliphatic carbocycles. The minimum Gasteiger partial charge on any atom is -0.496 e. The van der Waals surface area contributed by atoms with Gasteiger partial charge in [-0.05, 0) is 25.1 Å². The van der Waals surface area contributed by atoms with E-state index in [4.69, 9.17) is 9.47 Å². The quantitative estimate of drug-likeness (QED) is 0.800. The summed E-state index contributed by atoms with van der Waals surface area (Å²) in [7, 11) is 3.13. The van der Waals surface area contributed by atoms with Gasteiger partial charge in [-0.2, -0.15) is 0 Å². The van der Waals surface area contributed by atoms with Crippen LogP contribution in [0.2, 0.25) is 0 Å². The molecule has 0 spiro atoms. The summed E-state index contributed by atoms with van der Waals surface area (Å²) in [6, 6.07) is 4.35. The zero-order valence-corrected chi connectivity index (χ0v) is 12.8. The highest BCUT2D eigenvalue weighted by molar-refractivity contribution is 7.99. The van der Waals surface area contributed by atoms with Crippen LogP contribution < -0.4 is 10.1 Å². The molecule has 0 saturated carbocycles. The maximum absolute atomic E-state index is 13.2. The van der Waals surface area contributed by atoms with E-state index in [2.05, 4.69) is 5.32 Å². The number of halogens is 1. The van der Waals surface area contributed by atoms with Gasteiger partial charge in [0, 0.05) is 24.5 Å². The number of ether oxygens (including phenoxy) is 2. The second-order valence-electron chi connectivity index (χ2n) is 4.37. The molecular formula is C14H20FNO3S. The second-order valence-corrected chi connectivity index (χ2v) is 5.36. The average molecular weight is 301 g/mol. The van der Waals surface area contributed by atoms with Gasteiger partial charge in [0.1, 0.15) is 11.6 Å². The molecule has 0 aliphatic rings. The lowest BCUT2D eigenvalue weighted by atomic mass is 10.2. The molecular weight excluding hydrogens is 281 g/mol. The smallest absolute Gasteiger partial charge is 0.230 e. The first-order valence-electron chi connectivity index (χ1n) is 6.25. The molecule has 1 atom stereocenters. The third-order valence-electron chi connectivity index (χ3n) is 2.56. The Labute approximate surface area is 123 Å². The molecule has 20 heavy (non-hydrogen) atoms. The lowest BCUT2D eigenvalue weighted by Gasteiger charge is -2.13. The molecule has 6 heteroatoms. The zero-order valence-electron chi connectivity index (χ0n) is 11.9. The summed E-state index contributed by atoms with van der Waals surface area (Å²) in [4.78, 5) is 11.6. The van der Waals surface area contributed by atoms with E-state index < -0.39 is 0 Å². The van der Waals surface area contributed by atoms with Gasteiger partial charge < -0.3 is 14.8 Å². The Morgan fingerprint density at radius 1 is 1.45 bits per heavy atom. The summed E-state index contributed by atoms with van der Waals surface area (Å²) in [5, 5.41) is 2.82. The fourth-order valence-electron chi connectivity index (χ4n) is 1.72. The molecule has 112 valence electrons. The van der Waals surface area contributed by atoms with E-state index in [0.29, 0.717) is 23.9 Å². The van der Waals surface area contributed by atoms with E-state index in [1.807, 2.05) is 6.92 Å². The molecule has 0 heterocycles. The minimum atomic E-state index is -0.306. The number of carbonyl (C=O) groups is 1. The first-order valence-corrected chi connectivity index (χ1v) is 7.40. The van der Waals surface area contributed by atoms with Crippen LogP contribution >= 0.6 is 11.8 Å². The fraction of sp³-hybridized carbons (Fsp3) is 0.500. The average Bonchev–Trinajstić information content (AvgIpc) is 2.39. The van der Waals surface area contributed by atoms with Crippen LogP contribution in [0.15, 0.2) is 18.2 Å². The summed E-state index contributed by atoms with van der Waals surface area (Å²) >= 11 is 1.41. The maximum atomic E-state index is 13.2. The van der Waals surface area contributed by atoms with Crippen molar-refractivity contribution in [2.45, 2.75) is 18.7 Å². The molecule has 0 aliphatic heterocycles. The van der Waals surface area contributed by atoms with Crippen molar-refractivity contribution in [3.05, 3.63) is 29.6 Å². The van der Waals surface area contributed by atoms with E-state index in [-0.39, 0.29) is 17.8 Å². The van der Waals surface area contributed by atoms with Gasteiger partial charge in [0.2, 0.25) is 5.91 Å². The maximum Gasteiger partial charge on any atom is 0.230 e. The lowest BCUT2D eigenvalue weighted by molar-refractivity contribution is -0.119. The molecule has 1 aromatic carbocycles. The Hall–Kier alpha value is -1.27. The van der Waals surface area contributed by atoms with Crippen LogP contribution in [0.25, 0.3) is 0 Å². The molecule has 0 radical (unpaired) electrons. The summed E-state index contributed by atoms with van der Waals surface area (Å²) in [5.74, 6) is 1.10. The fourth-order valence-corrected chi connectivity index (χ4v) is 2.54. The van der Waals surface area contributed by atoms with Gasteiger partial charge in [0.25, 0.3) is 0 Å². The molecule has 1 rings (SSSR count). The van der Waals surface area contributed by atoms with Gasteiger partial charge in [0.15, 0.2) is 0 Å². The number of hydrogen-bond acceptors (Lipinski definition) is 4. The van der Waals surface area contributed by atoms with Crippen LogP contribution in [0, 0.1) is 5.82 Å². The van der Waals surface area contributed by atoms with Gasteiger partial charge in [0.05, 0.1) is 19.5 Å². The Bertz CT molecular complexity index is 442. The molecule has 0 fully saturated rings. The number of hydrogen-bond donors (Lipinski definition) is 1. The topological polar surface area (TPSA) is 47.6 Å². The second kappa shape index (κ2) is 8.81. The van der Waals surface area contributed by atoms with Crippen LogP contribution in [0.5, 0.6) is 5.75 Å². The van der Waals surface area contributed by atoms with Crippen molar-refractivity contribution in [2.75, 3.05) is 26.6 Å². The normalized spacial score (nSPS) is 12.0. The van der Waals surface area contributed by atoms with Crippen molar-refractivity contribution >= 4 is 17.7 Å². The zero-order chi connectivity index (χ0) is 15.0. The standard InChI is InChI=1S/C14H20FNO3S/c1-10(7-18-2)16-14(17)9-20-8-11-6-12(15)4-5-13(11)19-3/h4-6,10H,7-9H2,1-3H3,(H,16,17). The number of thioether (sulfide) groups is 1. The molecule has 0 saturated heterocycles. The van der Waals surface area contributed by atoms with Crippen LogP contribution in [-0.4, -0.2) is 38.5 Å². The third-order valence-corrected chi connectivity index (χ3v) is 3.54. The molecule has 1 N–H and O–H groups in total. The van der Waals surface area contributed by atoms with E-state index in [9.17, 15) is 9.18 Å². The molecule has 1 amide bonds. The Kier molecular flexibility index (Phi) is 7.40. The highest BCUT2D eigenvalue weighted by atomic mass is 32.2. The van der Waals surface area contributed by atoms with Crippen molar-refractivity contribution in [1.29, 1.82) is 0 Å². The van der Waals surface area contributed by atoms with Gasteiger partial charge in [-0.3, -0.25) is 4.79 Å². The van der Waals surface area contributed by atoms with E-state index in [1.54, 1.807) is 20.3 Å². The van der Waals surface area contributed by atoms with Gasteiger partial charge in [-0.15, -0.1) is 11.8 Å². The number of benzene rings is 1. The summed E-state index contributed by atoms with van der Waals surface area (Å²) in [6.07, 6.45) is 0. The van der Waals surface area contributed by atoms with E-state index in [0.717, 1.165) is 5.56 Å². The predicted molar refractivity (Wildman–Crippen MR) is 78.6 cm³/mol. The van der Waals surface area contributed by atoms with Gasteiger partial charge in [-0.25, -0.2) is 4.39 Å². The SMILES string of the molecule is COCC(C)NC(=O)CSCc1cc(F)ccc1OC. The molecule has 4 nitrogen and oxygen atoms in total. The lowest BCUT2D eigenvalue weighted by Crippen LogP contribution is -2.36. The highest BCUT2D eigenvalue weighted by Crippen LogP contribution is 2.23. The molecule has 1 unspecified atom stereocenters. The Balaban J connectivity index is 2.40. The van der Waals surface area contributed by atoms with Crippen molar-refractivity contribution < 1.29 is 18.7 Å². The minimum absolute atomic E-state index is 0.0168. The van der Waals surface area contributed by atoms with Crippen LogP contribution in [0.4, 0.5) is 4.39 Å². The van der Waals surface area contributed by atoms with Crippen LogP contribution in [-0.2, 0) is 15.3 Å². The Morgan fingerprint density at radius 2 is 2.20 bits per heavy atom. The number of carbonyl (C=O) groups excluding carboxylic acids is 1. The highest BCUT2D eigenvalue weighted by Gasteiger charge is 2.09. The van der Waals surface area contributed by atoms with Crippen LogP contribution in [0.3, 0.4) is 0 Å². The first-order chi connectivity index (χ1) is 9.56. The third kappa shape index (κ3) is 5.79. The van der Waals surface area contributed by atoms with Crippen molar-refractivity contribution in [1.82, 2.24) is 5.32 Å².